The summed E-state index contributed by atoms with van der Waals surface area (Å²) in [4.78, 5) is 11.7. The highest BCUT2D eigenvalue weighted by atomic mass is 35.5. The molecule has 11 heteroatoms. The standard InChI is InChI=1S/C21H22F6N2O2.ClH/c22-20(23,24)17-8-14(9-18(10-17)21(25,26)27)12-31-13-16(11-29-19(30)6-7-28)15-4-2-1-3-5-15;/h1-5,8-10,16H,6-7,11-13,28H2,(H,29,30);1H. The Morgan fingerprint density at radius 2 is 1.53 bits per heavy atom. The third-order valence-corrected chi connectivity index (χ3v) is 4.42. The van der Waals surface area contributed by atoms with Gasteiger partial charge in [0.1, 0.15) is 0 Å². The van der Waals surface area contributed by atoms with Crippen LogP contribution >= 0.6 is 12.4 Å². The third-order valence-electron chi connectivity index (χ3n) is 4.42. The first-order valence-corrected chi connectivity index (χ1v) is 9.38. The number of halogens is 7. The number of nitrogens with one attached hydrogen (secondary N) is 1. The first kappa shape index (κ1) is 27.7. The zero-order chi connectivity index (χ0) is 23.1. The van der Waals surface area contributed by atoms with Crippen LogP contribution in [0.4, 0.5) is 26.3 Å². The van der Waals surface area contributed by atoms with E-state index in [0.29, 0.717) is 12.1 Å². The van der Waals surface area contributed by atoms with E-state index in [4.69, 9.17) is 10.5 Å². The van der Waals surface area contributed by atoms with Crippen molar-refractivity contribution in [3.63, 3.8) is 0 Å². The Bertz CT molecular complexity index is 827. The number of carbonyl (C=O) groups is 1. The van der Waals surface area contributed by atoms with Crippen LogP contribution in [0.25, 0.3) is 0 Å². The predicted molar refractivity (Wildman–Crippen MR) is 109 cm³/mol. The molecule has 0 spiro atoms. The van der Waals surface area contributed by atoms with Gasteiger partial charge in [-0.15, -0.1) is 12.4 Å². The summed E-state index contributed by atoms with van der Waals surface area (Å²) in [6.07, 6.45) is -9.71. The van der Waals surface area contributed by atoms with Gasteiger partial charge in [0.15, 0.2) is 0 Å². The Morgan fingerprint density at radius 3 is 2.03 bits per heavy atom. The summed E-state index contributed by atoms with van der Waals surface area (Å²) in [5, 5.41) is 2.69. The second-order valence-electron chi connectivity index (χ2n) is 6.88. The maximum absolute atomic E-state index is 13.0. The lowest BCUT2D eigenvalue weighted by atomic mass is 10.00. The molecule has 0 aliphatic carbocycles. The zero-order valence-corrected chi connectivity index (χ0v) is 17.6. The van der Waals surface area contributed by atoms with Crippen LogP contribution in [-0.2, 0) is 28.5 Å². The van der Waals surface area contributed by atoms with E-state index in [1.54, 1.807) is 30.3 Å². The molecule has 2 rings (SSSR count). The largest absolute Gasteiger partial charge is 0.416 e. The summed E-state index contributed by atoms with van der Waals surface area (Å²) in [6.45, 7) is -0.119. The number of amides is 1. The molecule has 0 aliphatic rings. The Hall–Kier alpha value is -2.30. The molecule has 3 N–H and O–H groups in total. The van der Waals surface area contributed by atoms with Gasteiger partial charge >= 0.3 is 12.4 Å². The number of hydrogen-bond donors (Lipinski definition) is 2. The molecule has 1 atom stereocenters. The molecule has 178 valence electrons. The molecule has 2 aromatic carbocycles. The summed E-state index contributed by atoms with van der Waals surface area (Å²) in [6, 6.07) is 10.2. The second kappa shape index (κ2) is 12.1. The van der Waals surface area contributed by atoms with Crippen LogP contribution in [0.5, 0.6) is 0 Å². The number of carbonyl (C=O) groups excluding carboxylic acids is 1. The topological polar surface area (TPSA) is 64.4 Å². The molecule has 0 radical (unpaired) electrons. The van der Waals surface area contributed by atoms with Gasteiger partial charge in [-0.05, 0) is 29.3 Å². The molecule has 1 amide bonds. The van der Waals surface area contributed by atoms with E-state index < -0.39 is 30.1 Å². The molecule has 0 fully saturated rings. The molecule has 0 aromatic heterocycles. The first-order valence-electron chi connectivity index (χ1n) is 9.38. The number of nitrogens with two attached hydrogens (primary N) is 1. The van der Waals surface area contributed by atoms with Crippen molar-refractivity contribution in [3.05, 3.63) is 70.8 Å². The molecule has 32 heavy (non-hydrogen) atoms. The van der Waals surface area contributed by atoms with Gasteiger partial charge in [0.2, 0.25) is 5.91 Å². The Morgan fingerprint density at radius 1 is 0.969 bits per heavy atom. The van der Waals surface area contributed by atoms with E-state index in [-0.39, 0.29) is 62.0 Å². The summed E-state index contributed by atoms with van der Waals surface area (Å²) < 4.78 is 83.4. The van der Waals surface area contributed by atoms with Crippen molar-refractivity contribution in [2.24, 2.45) is 5.73 Å². The highest BCUT2D eigenvalue weighted by Crippen LogP contribution is 2.36. The molecule has 0 heterocycles. The average Bonchev–Trinajstić information content (AvgIpc) is 2.70. The number of rotatable bonds is 9. The van der Waals surface area contributed by atoms with E-state index in [0.717, 1.165) is 5.56 Å². The maximum Gasteiger partial charge on any atom is 0.416 e. The van der Waals surface area contributed by atoms with Crippen molar-refractivity contribution in [2.75, 3.05) is 19.7 Å². The Labute approximate surface area is 187 Å². The second-order valence-corrected chi connectivity index (χ2v) is 6.88. The fourth-order valence-electron chi connectivity index (χ4n) is 2.88. The van der Waals surface area contributed by atoms with Crippen LogP contribution in [0.3, 0.4) is 0 Å². The third kappa shape index (κ3) is 8.68. The van der Waals surface area contributed by atoms with E-state index in [1.807, 2.05) is 0 Å². The number of hydrogen-bond acceptors (Lipinski definition) is 3. The molecule has 0 saturated heterocycles. The summed E-state index contributed by atoms with van der Waals surface area (Å²) in [5.41, 5.74) is 3.10. The molecule has 0 bridgehead atoms. The summed E-state index contributed by atoms with van der Waals surface area (Å²) >= 11 is 0. The van der Waals surface area contributed by atoms with Crippen LogP contribution in [0.2, 0.25) is 0 Å². The van der Waals surface area contributed by atoms with Crippen LogP contribution in [0.15, 0.2) is 48.5 Å². The number of benzene rings is 2. The molecular formula is C21H23ClF6N2O2. The van der Waals surface area contributed by atoms with Crippen LogP contribution in [0.1, 0.15) is 34.6 Å². The first-order chi connectivity index (χ1) is 14.5. The lowest BCUT2D eigenvalue weighted by Crippen LogP contribution is -2.31. The van der Waals surface area contributed by atoms with Gasteiger partial charge in [-0.25, -0.2) is 0 Å². The normalized spacial score (nSPS) is 12.7. The number of alkyl halides is 6. The van der Waals surface area contributed by atoms with Crippen LogP contribution in [0, 0.1) is 0 Å². The van der Waals surface area contributed by atoms with Crippen molar-refractivity contribution in [1.29, 1.82) is 0 Å². The van der Waals surface area contributed by atoms with Gasteiger partial charge in [-0.1, -0.05) is 30.3 Å². The number of ether oxygens (including phenoxy) is 1. The van der Waals surface area contributed by atoms with Crippen molar-refractivity contribution in [3.8, 4) is 0 Å². The lowest BCUT2D eigenvalue weighted by molar-refractivity contribution is -0.143. The average molecular weight is 485 g/mol. The Kier molecular flexibility index (Phi) is 10.5. The molecule has 4 nitrogen and oxygen atoms in total. The van der Waals surface area contributed by atoms with E-state index in [9.17, 15) is 31.1 Å². The fraction of sp³-hybridized carbons (Fsp3) is 0.381. The lowest BCUT2D eigenvalue weighted by Gasteiger charge is -2.19. The smallest absolute Gasteiger partial charge is 0.376 e. The SMILES string of the molecule is Cl.NCCC(=O)NCC(COCc1cc(C(F)(F)F)cc(C(F)(F)F)c1)c1ccccc1. The van der Waals surface area contributed by atoms with E-state index in [2.05, 4.69) is 5.32 Å². The van der Waals surface area contributed by atoms with Gasteiger partial charge in [0.25, 0.3) is 0 Å². The van der Waals surface area contributed by atoms with E-state index in [1.165, 1.54) is 0 Å². The Balaban J connectivity index is 0.00000512. The van der Waals surface area contributed by atoms with Gasteiger partial charge < -0.3 is 15.8 Å². The summed E-state index contributed by atoms with van der Waals surface area (Å²) in [7, 11) is 0. The highest BCUT2D eigenvalue weighted by molar-refractivity contribution is 5.85. The van der Waals surface area contributed by atoms with Crippen LogP contribution < -0.4 is 11.1 Å². The molecule has 0 aliphatic heterocycles. The highest BCUT2D eigenvalue weighted by Gasteiger charge is 2.36. The maximum atomic E-state index is 13.0. The van der Waals surface area contributed by atoms with Crippen molar-refractivity contribution < 1.29 is 35.9 Å². The van der Waals surface area contributed by atoms with Crippen LogP contribution in [-0.4, -0.2) is 25.6 Å². The van der Waals surface area contributed by atoms with Crippen molar-refractivity contribution in [1.82, 2.24) is 5.32 Å². The quantitative estimate of drug-likeness (QED) is 0.497. The minimum absolute atomic E-state index is 0. The predicted octanol–water partition coefficient (Wildman–Crippen LogP) is 4.91. The van der Waals surface area contributed by atoms with Gasteiger partial charge in [-0.3, -0.25) is 4.79 Å². The molecular weight excluding hydrogens is 462 g/mol. The van der Waals surface area contributed by atoms with Gasteiger partial charge in [0, 0.05) is 25.4 Å². The van der Waals surface area contributed by atoms with E-state index >= 15 is 0 Å². The van der Waals surface area contributed by atoms with Gasteiger partial charge in [-0.2, -0.15) is 26.3 Å². The minimum Gasteiger partial charge on any atom is -0.376 e. The minimum atomic E-state index is -4.92. The fourth-order valence-corrected chi connectivity index (χ4v) is 2.88. The van der Waals surface area contributed by atoms with Crippen molar-refractivity contribution >= 4 is 18.3 Å². The monoisotopic (exact) mass is 484 g/mol. The molecule has 0 saturated carbocycles. The van der Waals surface area contributed by atoms with Crippen molar-refractivity contribution in [2.45, 2.75) is 31.3 Å². The zero-order valence-electron chi connectivity index (χ0n) is 16.8. The molecule has 2 aromatic rings. The van der Waals surface area contributed by atoms with Gasteiger partial charge in [0.05, 0.1) is 24.3 Å². The summed E-state index contributed by atoms with van der Waals surface area (Å²) in [5.74, 6) is -0.619. The molecule has 1 unspecified atom stereocenters.